The van der Waals surface area contributed by atoms with Crippen molar-refractivity contribution in [3.05, 3.63) is 58.9 Å². The Kier molecular flexibility index (Phi) is 3.92. The molecule has 0 saturated carbocycles. The molecule has 1 aromatic heterocycles. The molecule has 4 heteroatoms. The number of imidazole rings is 1. The zero-order valence-corrected chi connectivity index (χ0v) is 13.5. The Morgan fingerprint density at radius 2 is 1.90 bits per heavy atom. The molecule has 0 spiro atoms. The van der Waals surface area contributed by atoms with E-state index in [1.807, 2.05) is 37.3 Å². The molecule has 0 amide bonds. The van der Waals surface area contributed by atoms with Gasteiger partial charge in [-0.3, -0.25) is 4.57 Å². The molecule has 0 bridgehead atoms. The van der Waals surface area contributed by atoms with Crippen molar-refractivity contribution < 1.29 is 0 Å². The van der Waals surface area contributed by atoms with Crippen LogP contribution in [0.2, 0.25) is 5.02 Å². The molecule has 1 unspecified atom stereocenters. The van der Waals surface area contributed by atoms with Crippen LogP contribution in [0.15, 0.2) is 42.5 Å². The summed E-state index contributed by atoms with van der Waals surface area (Å²) >= 11 is 12.8. The second-order valence-electron chi connectivity index (χ2n) is 5.01. The monoisotopic (exact) mass is 318 g/mol. The van der Waals surface area contributed by atoms with Crippen LogP contribution in [0.25, 0.3) is 16.7 Å². The molecule has 2 aromatic carbocycles. The number of aryl methyl sites for hydroxylation is 1. The third-order valence-corrected chi connectivity index (χ3v) is 4.12. The molecule has 0 fully saturated rings. The highest BCUT2D eigenvalue weighted by molar-refractivity contribution is 6.35. The van der Waals surface area contributed by atoms with E-state index in [2.05, 4.69) is 28.6 Å². The number of nitrogens with zero attached hydrogens (tertiary/aromatic N) is 2. The molecular weight excluding hydrogens is 303 g/mol. The topological polar surface area (TPSA) is 17.8 Å². The lowest BCUT2D eigenvalue weighted by Gasteiger charge is -2.14. The van der Waals surface area contributed by atoms with E-state index in [1.165, 1.54) is 5.56 Å². The minimum atomic E-state index is -0.196. The van der Waals surface area contributed by atoms with Crippen molar-refractivity contribution in [2.75, 3.05) is 0 Å². The summed E-state index contributed by atoms with van der Waals surface area (Å²) in [5.74, 6) is 0.820. The maximum absolute atomic E-state index is 6.42. The van der Waals surface area contributed by atoms with Crippen LogP contribution in [-0.2, 0) is 6.42 Å². The lowest BCUT2D eigenvalue weighted by atomic mass is 10.1. The van der Waals surface area contributed by atoms with Crippen molar-refractivity contribution in [3.63, 3.8) is 0 Å². The average Bonchev–Trinajstić information content (AvgIpc) is 2.88. The van der Waals surface area contributed by atoms with Gasteiger partial charge >= 0.3 is 0 Å². The number of alkyl halides is 1. The molecule has 0 aliphatic rings. The van der Waals surface area contributed by atoms with Gasteiger partial charge in [-0.25, -0.2) is 4.98 Å². The molecule has 0 saturated heterocycles. The number of benzene rings is 2. The Labute approximate surface area is 134 Å². The molecule has 3 aromatic rings. The van der Waals surface area contributed by atoms with Gasteiger partial charge < -0.3 is 0 Å². The van der Waals surface area contributed by atoms with Gasteiger partial charge in [0.25, 0.3) is 0 Å². The summed E-state index contributed by atoms with van der Waals surface area (Å²) in [5, 5.41) is 0.493. The maximum Gasteiger partial charge on any atom is 0.132 e. The van der Waals surface area contributed by atoms with Crippen LogP contribution in [0.4, 0.5) is 0 Å². The fraction of sp³-hybridized carbons (Fsp3) is 0.235. The van der Waals surface area contributed by atoms with Crippen molar-refractivity contribution in [1.29, 1.82) is 0 Å². The van der Waals surface area contributed by atoms with Crippen LogP contribution in [-0.4, -0.2) is 9.55 Å². The van der Waals surface area contributed by atoms with Gasteiger partial charge in [0.1, 0.15) is 5.82 Å². The lowest BCUT2D eigenvalue weighted by Crippen LogP contribution is -2.05. The molecule has 0 aliphatic heterocycles. The largest absolute Gasteiger partial charge is 0.293 e. The highest BCUT2D eigenvalue weighted by Crippen LogP contribution is 2.33. The first-order valence-corrected chi connectivity index (χ1v) is 7.84. The van der Waals surface area contributed by atoms with E-state index in [0.29, 0.717) is 5.02 Å². The third kappa shape index (κ3) is 2.43. The van der Waals surface area contributed by atoms with Gasteiger partial charge in [0.2, 0.25) is 0 Å². The van der Waals surface area contributed by atoms with Crippen molar-refractivity contribution in [3.8, 4) is 5.69 Å². The van der Waals surface area contributed by atoms with E-state index in [4.69, 9.17) is 23.2 Å². The fourth-order valence-corrected chi connectivity index (χ4v) is 3.04. The summed E-state index contributed by atoms with van der Waals surface area (Å²) in [5.41, 5.74) is 4.13. The van der Waals surface area contributed by atoms with Gasteiger partial charge in [0, 0.05) is 0 Å². The zero-order chi connectivity index (χ0) is 15.0. The molecule has 21 heavy (non-hydrogen) atoms. The smallest absolute Gasteiger partial charge is 0.132 e. The predicted octanol–water partition coefficient (Wildman–Crippen LogP) is 5.54. The molecule has 0 radical (unpaired) electrons. The quantitative estimate of drug-likeness (QED) is 0.579. The molecule has 1 atom stereocenters. The van der Waals surface area contributed by atoms with E-state index >= 15 is 0 Å². The van der Waals surface area contributed by atoms with E-state index in [-0.39, 0.29) is 5.38 Å². The SMILES string of the molecule is CCc1ccccc1-n1c(C(C)Cl)nc2cccc(Cl)c21. The summed E-state index contributed by atoms with van der Waals surface area (Å²) < 4.78 is 2.09. The lowest BCUT2D eigenvalue weighted by molar-refractivity contribution is 0.872. The number of fused-ring (bicyclic) bond motifs is 1. The number of halogens is 2. The molecule has 1 heterocycles. The van der Waals surface area contributed by atoms with Gasteiger partial charge in [-0.15, -0.1) is 11.6 Å². The van der Waals surface area contributed by atoms with Gasteiger partial charge in [0.05, 0.1) is 27.1 Å². The van der Waals surface area contributed by atoms with Crippen LogP contribution in [0.1, 0.15) is 30.6 Å². The van der Waals surface area contributed by atoms with Crippen molar-refractivity contribution in [2.45, 2.75) is 25.6 Å². The minimum absolute atomic E-state index is 0.196. The molecule has 0 N–H and O–H groups in total. The fourth-order valence-electron chi connectivity index (χ4n) is 2.64. The highest BCUT2D eigenvalue weighted by atomic mass is 35.5. The number of hydrogen-bond donors (Lipinski definition) is 0. The Balaban J connectivity index is 2.42. The van der Waals surface area contributed by atoms with Gasteiger partial charge in [-0.05, 0) is 37.1 Å². The maximum atomic E-state index is 6.42. The summed E-state index contributed by atoms with van der Waals surface area (Å²) in [6, 6.07) is 14.1. The minimum Gasteiger partial charge on any atom is -0.293 e. The predicted molar refractivity (Wildman–Crippen MR) is 89.7 cm³/mol. The highest BCUT2D eigenvalue weighted by Gasteiger charge is 2.19. The summed E-state index contributed by atoms with van der Waals surface area (Å²) in [7, 11) is 0. The third-order valence-electron chi connectivity index (χ3n) is 3.62. The van der Waals surface area contributed by atoms with Crippen molar-refractivity contribution in [2.24, 2.45) is 0 Å². The zero-order valence-electron chi connectivity index (χ0n) is 12.0. The van der Waals surface area contributed by atoms with Gasteiger partial charge in [-0.2, -0.15) is 0 Å². The molecular formula is C17H16Cl2N2. The average molecular weight is 319 g/mol. The van der Waals surface area contributed by atoms with Gasteiger partial charge in [0.15, 0.2) is 0 Å². The van der Waals surface area contributed by atoms with Crippen LogP contribution >= 0.6 is 23.2 Å². The van der Waals surface area contributed by atoms with Crippen LogP contribution in [0.5, 0.6) is 0 Å². The second-order valence-corrected chi connectivity index (χ2v) is 6.07. The summed E-state index contributed by atoms with van der Waals surface area (Å²) in [4.78, 5) is 4.67. The molecule has 108 valence electrons. The molecule has 2 nitrogen and oxygen atoms in total. The number of para-hydroxylation sites is 2. The number of hydrogen-bond acceptors (Lipinski definition) is 1. The number of aromatic nitrogens is 2. The van der Waals surface area contributed by atoms with E-state index in [0.717, 1.165) is 29.0 Å². The van der Waals surface area contributed by atoms with E-state index < -0.39 is 0 Å². The van der Waals surface area contributed by atoms with E-state index in [9.17, 15) is 0 Å². The van der Waals surface area contributed by atoms with Crippen molar-refractivity contribution in [1.82, 2.24) is 9.55 Å². The Hall–Kier alpha value is -1.51. The van der Waals surface area contributed by atoms with Crippen LogP contribution in [0.3, 0.4) is 0 Å². The summed E-state index contributed by atoms with van der Waals surface area (Å²) in [6.07, 6.45) is 0.941. The summed E-state index contributed by atoms with van der Waals surface area (Å²) in [6.45, 7) is 4.07. The Bertz CT molecular complexity index is 791. The van der Waals surface area contributed by atoms with Crippen molar-refractivity contribution >= 4 is 34.2 Å². The normalized spacial score (nSPS) is 12.8. The van der Waals surface area contributed by atoms with Crippen LogP contribution in [0, 0.1) is 0 Å². The number of rotatable bonds is 3. The van der Waals surface area contributed by atoms with E-state index in [1.54, 1.807) is 0 Å². The molecule has 0 aliphatic carbocycles. The Morgan fingerprint density at radius 1 is 1.14 bits per heavy atom. The first-order chi connectivity index (χ1) is 10.1. The van der Waals surface area contributed by atoms with Gasteiger partial charge in [-0.1, -0.05) is 42.8 Å². The standard InChI is InChI=1S/C17H16Cl2N2/c1-3-12-7-4-5-10-15(12)21-16-13(19)8-6-9-14(16)20-17(21)11(2)18/h4-11H,3H2,1-2H3. The second kappa shape index (κ2) is 5.70. The molecule has 3 rings (SSSR count). The van der Waals surface area contributed by atoms with Crippen LogP contribution < -0.4 is 0 Å². The Morgan fingerprint density at radius 3 is 2.62 bits per heavy atom. The first-order valence-electron chi connectivity index (χ1n) is 7.02. The first kappa shape index (κ1) is 14.4.